The Bertz CT molecular complexity index is 1140. The van der Waals surface area contributed by atoms with Crippen LogP contribution in [0.1, 0.15) is 37.3 Å². The molecule has 2 aromatic rings. The van der Waals surface area contributed by atoms with Gasteiger partial charge in [-0.3, -0.25) is 9.59 Å². The van der Waals surface area contributed by atoms with Gasteiger partial charge in [-0.05, 0) is 37.3 Å². The Balaban J connectivity index is 1.58. The van der Waals surface area contributed by atoms with Crippen LogP contribution in [0.25, 0.3) is 0 Å². The number of aliphatic hydroxyl groups excluding tert-OH is 1. The maximum Gasteiger partial charge on any atom is 0.408 e. The van der Waals surface area contributed by atoms with E-state index in [4.69, 9.17) is 9.47 Å². The second-order valence-corrected chi connectivity index (χ2v) is 9.73. The van der Waals surface area contributed by atoms with Gasteiger partial charge in [0.15, 0.2) is 0 Å². The zero-order valence-electron chi connectivity index (χ0n) is 22.6. The first-order chi connectivity index (χ1) is 19.3. The van der Waals surface area contributed by atoms with E-state index in [1.165, 1.54) is 0 Å². The minimum Gasteiger partial charge on any atom is -0.459 e. The lowest BCUT2D eigenvalue weighted by Gasteiger charge is -2.23. The average molecular weight is 552 g/mol. The Morgan fingerprint density at radius 2 is 1.68 bits per heavy atom. The van der Waals surface area contributed by atoms with E-state index in [0.717, 1.165) is 11.1 Å². The number of hydrogen-bond donors (Lipinski definition) is 4. The van der Waals surface area contributed by atoms with Gasteiger partial charge in [-0.25, -0.2) is 9.59 Å². The summed E-state index contributed by atoms with van der Waals surface area (Å²) in [5, 5.41) is 17.8. The molecule has 0 saturated heterocycles. The molecule has 0 saturated carbocycles. The van der Waals surface area contributed by atoms with Crippen LogP contribution < -0.4 is 16.0 Å². The van der Waals surface area contributed by atoms with Gasteiger partial charge in [0.1, 0.15) is 18.8 Å². The molecular weight excluding hydrogens is 514 g/mol. The number of hydrogen-bond acceptors (Lipinski definition) is 7. The lowest BCUT2D eigenvalue weighted by atomic mass is 9.98. The van der Waals surface area contributed by atoms with Crippen molar-refractivity contribution in [2.75, 3.05) is 13.2 Å². The third-order valence-electron chi connectivity index (χ3n) is 6.34. The summed E-state index contributed by atoms with van der Waals surface area (Å²) in [5.41, 5.74) is 1.79. The standard InChI is InChI=1S/C30H37N3O7/c1-21-18-31-28(36)24(17-27(35)32-25(19-34)16-22-10-4-2-5-11-22)14-8-9-15-26(29(37)40-21)33-30(38)39-20-23-12-6-3-7-13-23/h2-13,21,24-26,34H,14-20H2,1H3,(H,31,36)(H,32,35)(H,33,38)/t21-,24+,25-,26+/m0/s1. The van der Waals surface area contributed by atoms with Crippen LogP contribution in [0.3, 0.4) is 0 Å². The van der Waals surface area contributed by atoms with Gasteiger partial charge in [-0.1, -0.05) is 72.8 Å². The molecule has 214 valence electrons. The van der Waals surface area contributed by atoms with Crippen molar-refractivity contribution in [2.24, 2.45) is 5.92 Å². The lowest BCUT2D eigenvalue weighted by Crippen LogP contribution is -2.45. The number of aliphatic hydroxyl groups is 1. The quantitative estimate of drug-likeness (QED) is 0.277. The number of alkyl carbamates (subject to hydrolysis) is 1. The molecule has 0 spiro atoms. The first-order valence-corrected chi connectivity index (χ1v) is 13.4. The van der Waals surface area contributed by atoms with E-state index in [1.54, 1.807) is 19.1 Å². The number of carbonyl (C=O) groups excluding carboxylic acids is 4. The highest BCUT2D eigenvalue weighted by atomic mass is 16.6. The molecule has 0 fully saturated rings. The smallest absolute Gasteiger partial charge is 0.408 e. The Morgan fingerprint density at radius 3 is 2.35 bits per heavy atom. The first-order valence-electron chi connectivity index (χ1n) is 13.4. The Hall–Kier alpha value is -4.18. The number of allylic oxidation sites excluding steroid dienone is 1. The van der Waals surface area contributed by atoms with Gasteiger partial charge >= 0.3 is 12.1 Å². The molecule has 1 aliphatic heterocycles. The van der Waals surface area contributed by atoms with E-state index in [1.807, 2.05) is 60.7 Å². The Kier molecular flexibility index (Phi) is 12.2. The van der Waals surface area contributed by atoms with Crippen molar-refractivity contribution in [3.8, 4) is 0 Å². The third kappa shape index (κ3) is 10.5. The number of carbonyl (C=O) groups is 4. The van der Waals surface area contributed by atoms with E-state index in [0.29, 0.717) is 6.42 Å². The summed E-state index contributed by atoms with van der Waals surface area (Å²) in [6, 6.07) is 17.2. The molecule has 4 N–H and O–H groups in total. The van der Waals surface area contributed by atoms with Gasteiger partial charge in [0.2, 0.25) is 11.8 Å². The second-order valence-electron chi connectivity index (χ2n) is 9.73. The van der Waals surface area contributed by atoms with Crippen LogP contribution in [0.4, 0.5) is 4.79 Å². The highest BCUT2D eigenvalue weighted by Gasteiger charge is 2.27. The number of cyclic esters (lactones) is 1. The van der Waals surface area contributed by atoms with Crippen molar-refractivity contribution in [2.45, 2.75) is 57.4 Å². The molecule has 0 aromatic heterocycles. The molecule has 10 nitrogen and oxygen atoms in total. The summed E-state index contributed by atoms with van der Waals surface area (Å²) < 4.78 is 10.7. The molecule has 0 unspecified atom stereocenters. The molecule has 0 radical (unpaired) electrons. The third-order valence-corrected chi connectivity index (χ3v) is 6.34. The fourth-order valence-electron chi connectivity index (χ4n) is 4.18. The molecule has 3 amide bonds. The van der Waals surface area contributed by atoms with E-state index >= 15 is 0 Å². The molecule has 3 rings (SSSR count). The molecule has 1 heterocycles. The van der Waals surface area contributed by atoms with Crippen LogP contribution in [0.15, 0.2) is 72.8 Å². The topological polar surface area (TPSA) is 143 Å². The molecule has 0 aliphatic carbocycles. The molecule has 0 bridgehead atoms. The maximum atomic E-state index is 12.8. The SMILES string of the molecule is C[C@H]1CNC(=O)[C@@H](CC(=O)N[C@H](CO)Cc2ccccc2)CC=CC[C@@H](NC(=O)OCc2ccccc2)C(=O)O1. The van der Waals surface area contributed by atoms with Gasteiger partial charge in [0.25, 0.3) is 0 Å². The second kappa shape index (κ2) is 16.0. The van der Waals surface area contributed by atoms with Crippen LogP contribution in [0.5, 0.6) is 0 Å². The molecule has 4 atom stereocenters. The number of rotatable bonds is 9. The molecule has 1 aliphatic rings. The normalized spacial score (nSPS) is 20.6. The van der Waals surface area contributed by atoms with Gasteiger partial charge in [0.05, 0.1) is 25.1 Å². The summed E-state index contributed by atoms with van der Waals surface area (Å²) in [6.45, 7) is 1.49. The Morgan fingerprint density at radius 1 is 1.02 bits per heavy atom. The monoisotopic (exact) mass is 551 g/mol. The zero-order chi connectivity index (χ0) is 28.7. The van der Waals surface area contributed by atoms with Gasteiger partial charge in [-0.2, -0.15) is 0 Å². The highest BCUT2D eigenvalue weighted by molar-refractivity contribution is 5.86. The van der Waals surface area contributed by atoms with E-state index in [9.17, 15) is 24.3 Å². The van der Waals surface area contributed by atoms with E-state index < -0.39 is 36.2 Å². The number of esters is 1. The maximum absolute atomic E-state index is 12.8. The van der Waals surface area contributed by atoms with Crippen molar-refractivity contribution in [3.05, 3.63) is 83.9 Å². The van der Waals surface area contributed by atoms with Gasteiger partial charge in [0, 0.05) is 6.42 Å². The van der Waals surface area contributed by atoms with Gasteiger partial charge < -0.3 is 30.5 Å². The number of amides is 3. The molecule has 40 heavy (non-hydrogen) atoms. The minimum atomic E-state index is -0.984. The van der Waals surface area contributed by atoms with Gasteiger partial charge in [-0.15, -0.1) is 0 Å². The zero-order valence-corrected chi connectivity index (χ0v) is 22.6. The summed E-state index contributed by atoms with van der Waals surface area (Å²) in [4.78, 5) is 50.7. The van der Waals surface area contributed by atoms with Crippen LogP contribution in [0, 0.1) is 5.92 Å². The fourth-order valence-corrected chi connectivity index (χ4v) is 4.18. The minimum absolute atomic E-state index is 0.0465. The van der Waals surface area contributed by atoms with Crippen LogP contribution in [0.2, 0.25) is 0 Å². The summed E-state index contributed by atoms with van der Waals surface area (Å²) in [5.74, 6) is -2.01. The van der Waals surface area contributed by atoms with Crippen molar-refractivity contribution in [1.82, 2.24) is 16.0 Å². The Labute approximate surface area is 234 Å². The fraction of sp³-hybridized carbons (Fsp3) is 0.400. The van der Waals surface area contributed by atoms with Crippen molar-refractivity contribution in [1.29, 1.82) is 0 Å². The van der Waals surface area contributed by atoms with Crippen LogP contribution in [-0.2, 0) is 36.9 Å². The van der Waals surface area contributed by atoms with Crippen molar-refractivity contribution < 1.29 is 33.8 Å². The van der Waals surface area contributed by atoms with Crippen molar-refractivity contribution >= 4 is 23.9 Å². The predicted octanol–water partition coefficient (Wildman–Crippen LogP) is 2.41. The highest BCUT2D eigenvalue weighted by Crippen LogP contribution is 2.14. The van der Waals surface area contributed by atoms with Crippen LogP contribution in [-0.4, -0.2) is 60.3 Å². The van der Waals surface area contributed by atoms with Crippen LogP contribution >= 0.6 is 0 Å². The summed E-state index contributed by atoms with van der Waals surface area (Å²) >= 11 is 0. The van der Waals surface area contributed by atoms with E-state index in [2.05, 4.69) is 16.0 Å². The predicted molar refractivity (Wildman–Crippen MR) is 148 cm³/mol. The summed E-state index contributed by atoms with van der Waals surface area (Å²) in [7, 11) is 0. The summed E-state index contributed by atoms with van der Waals surface area (Å²) in [6.07, 6.45) is 2.70. The average Bonchev–Trinajstić information content (AvgIpc) is 2.95. The first kappa shape index (κ1) is 30.4. The number of benzene rings is 2. The molecular formula is C30H37N3O7. The van der Waals surface area contributed by atoms with E-state index in [-0.39, 0.29) is 50.8 Å². The lowest BCUT2D eigenvalue weighted by molar-refractivity contribution is -0.151. The molecule has 10 heteroatoms. The largest absolute Gasteiger partial charge is 0.459 e. The van der Waals surface area contributed by atoms with Crippen molar-refractivity contribution in [3.63, 3.8) is 0 Å². The molecule has 2 aromatic carbocycles. The number of ether oxygens (including phenoxy) is 2. The number of nitrogens with one attached hydrogen (secondary N) is 3.